The average Bonchev–Trinajstić information content (AvgIpc) is 3.33. The van der Waals surface area contributed by atoms with E-state index in [1.807, 2.05) is 18.0 Å². The first-order valence-electron chi connectivity index (χ1n) is 14.8. The molecule has 1 aromatic carbocycles. The van der Waals surface area contributed by atoms with Gasteiger partial charge in [-0.1, -0.05) is 0 Å². The number of rotatable bonds is 4. The molecule has 3 aromatic rings. The molecule has 3 fully saturated rings. The maximum atomic E-state index is 15.6. The highest BCUT2D eigenvalue weighted by molar-refractivity contribution is 7.88. The van der Waals surface area contributed by atoms with Gasteiger partial charge in [-0.05, 0) is 37.0 Å². The third-order valence-electron chi connectivity index (χ3n) is 9.44. The summed E-state index contributed by atoms with van der Waals surface area (Å²) in [5, 5.41) is 3.85. The van der Waals surface area contributed by atoms with Crippen LogP contribution in [0.2, 0.25) is 0 Å². The van der Waals surface area contributed by atoms with Gasteiger partial charge in [0, 0.05) is 75.4 Å². The van der Waals surface area contributed by atoms with Crippen LogP contribution < -0.4 is 15.1 Å². The molecule has 43 heavy (non-hydrogen) atoms. The average molecular weight is 615 g/mol. The molecular formula is C30H36F2N6O4S. The Labute approximate surface area is 250 Å². The Hall–Kier alpha value is -3.13. The predicted molar refractivity (Wildman–Crippen MR) is 160 cm³/mol. The van der Waals surface area contributed by atoms with Gasteiger partial charge in [-0.25, -0.2) is 22.2 Å². The van der Waals surface area contributed by atoms with Crippen LogP contribution in [0.4, 0.5) is 26.0 Å². The van der Waals surface area contributed by atoms with E-state index in [1.54, 1.807) is 0 Å². The number of ether oxygens (including phenoxy) is 2. The van der Waals surface area contributed by atoms with E-state index in [9.17, 15) is 12.8 Å². The van der Waals surface area contributed by atoms with Crippen molar-refractivity contribution in [1.29, 1.82) is 0 Å². The van der Waals surface area contributed by atoms with Crippen LogP contribution >= 0.6 is 0 Å². The molecule has 4 aliphatic heterocycles. The van der Waals surface area contributed by atoms with Gasteiger partial charge in [0.05, 0.1) is 54.4 Å². The second-order valence-corrected chi connectivity index (χ2v) is 14.0. The first-order valence-corrected chi connectivity index (χ1v) is 16.7. The Balaban J connectivity index is 1.25. The number of nitrogens with one attached hydrogen (secondary N) is 1. The summed E-state index contributed by atoms with van der Waals surface area (Å²) >= 11 is 0. The molecule has 10 nitrogen and oxygen atoms in total. The van der Waals surface area contributed by atoms with Gasteiger partial charge in [0.15, 0.2) is 0 Å². The van der Waals surface area contributed by atoms with Crippen molar-refractivity contribution < 1.29 is 26.7 Å². The third kappa shape index (κ3) is 5.09. The molecule has 4 aliphatic rings. The van der Waals surface area contributed by atoms with Crippen molar-refractivity contribution >= 4 is 38.1 Å². The van der Waals surface area contributed by atoms with Crippen LogP contribution in [0.3, 0.4) is 0 Å². The molecule has 2 atom stereocenters. The maximum Gasteiger partial charge on any atom is 0.211 e. The van der Waals surface area contributed by atoms with E-state index < -0.39 is 27.8 Å². The van der Waals surface area contributed by atoms with Crippen LogP contribution in [0, 0.1) is 18.6 Å². The Morgan fingerprint density at radius 2 is 1.79 bits per heavy atom. The standard InChI is InChI=1S/C30H36F2N6O4S/c1-19-26(27-22(32)13-20(31)14-23(27)35-29(19)37-4-6-38(7-5-37)43(2,39)40)25-16-30(3-10-42-25)18-34-24-15-21(17-33-28(24)30)36-8-11-41-12-9-36/h13-15,17,25,34H,3-12,16,18H2,1-2H3/t25-,30?/m1/s1. The zero-order valence-electron chi connectivity index (χ0n) is 24.4. The summed E-state index contributed by atoms with van der Waals surface area (Å²) in [6.45, 7) is 7.59. The molecule has 1 unspecified atom stereocenters. The maximum absolute atomic E-state index is 15.6. The van der Waals surface area contributed by atoms with Crippen LogP contribution in [0.25, 0.3) is 10.9 Å². The third-order valence-corrected chi connectivity index (χ3v) is 10.7. The van der Waals surface area contributed by atoms with Crippen molar-refractivity contribution in [2.45, 2.75) is 31.3 Å². The number of aromatic nitrogens is 2. The van der Waals surface area contributed by atoms with Gasteiger partial charge in [-0.2, -0.15) is 4.31 Å². The highest BCUT2D eigenvalue weighted by Gasteiger charge is 2.46. The van der Waals surface area contributed by atoms with E-state index in [4.69, 9.17) is 19.4 Å². The van der Waals surface area contributed by atoms with Gasteiger partial charge >= 0.3 is 0 Å². The Kier molecular flexibility index (Phi) is 7.19. The quantitative estimate of drug-likeness (QED) is 0.474. The number of nitrogens with zero attached hydrogens (tertiary/aromatic N) is 5. The van der Waals surface area contributed by atoms with Gasteiger partial charge in [0.2, 0.25) is 10.0 Å². The van der Waals surface area contributed by atoms with Crippen molar-refractivity contribution in [3.63, 3.8) is 0 Å². The molecule has 13 heteroatoms. The lowest BCUT2D eigenvalue weighted by molar-refractivity contribution is -0.0186. The first kappa shape index (κ1) is 28.6. The zero-order chi connectivity index (χ0) is 29.9. The molecule has 0 radical (unpaired) electrons. The summed E-state index contributed by atoms with van der Waals surface area (Å²) in [5.74, 6) is -0.770. The van der Waals surface area contributed by atoms with Crippen LogP contribution in [-0.2, 0) is 24.9 Å². The minimum atomic E-state index is -3.31. The minimum absolute atomic E-state index is 0.222. The zero-order valence-corrected chi connectivity index (χ0v) is 25.2. The highest BCUT2D eigenvalue weighted by Crippen LogP contribution is 2.50. The highest BCUT2D eigenvalue weighted by atomic mass is 32.2. The number of sulfonamides is 1. The molecule has 7 rings (SSSR count). The molecule has 2 aromatic heterocycles. The van der Waals surface area contributed by atoms with Crippen molar-refractivity contribution in [2.75, 3.05) is 87.0 Å². The van der Waals surface area contributed by atoms with Crippen LogP contribution in [0.15, 0.2) is 24.4 Å². The lowest BCUT2D eigenvalue weighted by atomic mass is 9.74. The van der Waals surface area contributed by atoms with Crippen molar-refractivity contribution in [3.8, 4) is 0 Å². The second-order valence-electron chi connectivity index (χ2n) is 12.0. The summed E-state index contributed by atoms with van der Waals surface area (Å²) < 4.78 is 67.6. The molecule has 0 aliphatic carbocycles. The van der Waals surface area contributed by atoms with Crippen LogP contribution in [0.1, 0.15) is 35.8 Å². The number of hydrogen-bond acceptors (Lipinski definition) is 9. The van der Waals surface area contributed by atoms with Gasteiger partial charge in [-0.3, -0.25) is 4.98 Å². The van der Waals surface area contributed by atoms with E-state index in [0.717, 1.165) is 48.2 Å². The Morgan fingerprint density at radius 3 is 2.53 bits per heavy atom. The summed E-state index contributed by atoms with van der Waals surface area (Å²) in [6, 6.07) is 4.32. The summed E-state index contributed by atoms with van der Waals surface area (Å²) in [5.41, 5.74) is 4.42. The number of anilines is 3. The molecule has 0 saturated carbocycles. The largest absolute Gasteiger partial charge is 0.383 e. The van der Waals surface area contributed by atoms with E-state index in [2.05, 4.69) is 16.3 Å². The number of morpholine rings is 1. The molecule has 3 saturated heterocycles. The lowest BCUT2D eigenvalue weighted by Gasteiger charge is -2.39. The van der Waals surface area contributed by atoms with Crippen molar-refractivity contribution in [3.05, 3.63) is 52.9 Å². The normalized spacial score (nSPS) is 24.9. The fraction of sp³-hybridized carbons (Fsp3) is 0.533. The number of halogens is 2. The lowest BCUT2D eigenvalue weighted by Crippen LogP contribution is -2.48. The monoisotopic (exact) mass is 614 g/mol. The van der Waals surface area contributed by atoms with Gasteiger partial charge in [0.25, 0.3) is 0 Å². The fourth-order valence-electron chi connectivity index (χ4n) is 7.19. The minimum Gasteiger partial charge on any atom is -0.383 e. The Bertz CT molecular complexity index is 1680. The van der Waals surface area contributed by atoms with Crippen molar-refractivity contribution in [1.82, 2.24) is 14.3 Å². The van der Waals surface area contributed by atoms with Crippen LogP contribution in [-0.4, -0.2) is 94.6 Å². The molecule has 230 valence electrons. The van der Waals surface area contributed by atoms with Gasteiger partial charge < -0.3 is 24.6 Å². The molecule has 0 bridgehead atoms. The van der Waals surface area contributed by atoms with Gasteiger partial charge in [0.1, 0.15) is 17.5 Å². The first-order chi connectivity index (χ1) is 20.6. The topological polar surface area (TPSA) is 100 Å². The number of hydrogen-bond donors (Lipinski definition) is 1. The van der Waals surface area contributed by atoms with E-state index in [0.29, 0.717) is 70.3 Å². The summed E-state index contributed by atoms with van der Waals surface area (Å²) in [4.78, 5) is 14.0. The number of fused-ring (bicyclic) bond motifs is 3. The smallest absolute Gasteiger partial charge is 0.211 e. The number of piperazine rings is 1. The van der Waals surface area contributed by atoms with E-state index >= 15 is 4.39 Å². The summed E-state index contributed by atoms with van der Waals surface area (Å²) in [7, 11) is -3.31. The number of pyridine rings is 2. The van der Waals surface area contributed by atoms with E-state index in [1.165, 1.54) is 16.6 Å². The number of benzene rings is 1. The fourth-order valence-corrected chi connectivity index (χ4v) is 8.02. The van der Waals surface area contributed by atoms with E-state index in [-0.39, 0.29) is 16.3 Å². The second kappa shape index (κ2) is 10.8. The molecule has 1 spiro atoms. The Morgan fingerprint density at radius 1 is 1.02 bits per heavy atom. The summed E-state index contributed by atoms with van der Waals surface area (Å²) in [6.07, 6.45) is 4.02. The van der Waals surface area contributed by atoms with Crippen molar-refractivity contribution in [2.24, 2.45) is 0 Å². The SMILES string of the molecule is Cc1c(N2CCN(S(C)(=O)=O)CC2)nc2cc(F)cc(F)c2c1[C@H]1CC2(CCO1)CNc1cc(N3CCOCC3)cnc12. The molecular weight excluding hydrogens is 578 g/mol. The van der Waals surface area contributed by atoms with Gasteiger partial charge in [-0.15, -0.1) is 0 Å². The predicted octanol–water partition coefficient (Wildman–Crippen LogP) is 3.35. The molecule has 6 heterocycles. The molecule has 0 amide bonds. The molecule has 1 N–H and O–H groups in total. The van der Waals surface area contributed by atoms with Crippen LogP contribution in [0.5, 0.6) is 0 Å².